The topological polar surface area (TPSA) is 49.4 Å². The summed E-state index contributed by atoms with van der Waals surface area (Å²) in [6, 6.07) is 24.5. The molecular weight excluding hydrogens is 391 g/mol. The Morgan fingerprint density at radius 3 is 2.00 bits per heavy atom. The van der Waals surface area contributed by atoms with Crippen molar-refractivity contribution in [2.24, 2.45) is 0 Å². The molecule has 1 N–H and O–H groups in total. The van der Waals surface area contributed by atoms with Gasteiger partial charge in [-0.25, -0.2) is 4.39 Å². The third-order valence-electron chi connectivity index (χ3n) is 5.09. The average molecular weight is 419 g/mol. The minimum absolute atomic E-state index is 0.0950. The third kappa shape index (κ3) is 6.51. The largest absolute Gasteiger partial charge is 0.355 e. The van der Waals surface area contributed by atoms with Crippen LogP contribution < -0.4 is 5.32 Å². The van der Waals surface area contributed by atoms with Gasteiger partial charge in [0.15, 0.2) is 0 Å². The van der Waals surface area contributed by atoms with Gasteiger partial charge in [-0.3, -0.25) is 9.59 Å². The zero-order valence-electron chi connectivity index (χ0n) is 17.6. The lowest BCUT2D eigenvalue weighted by Crippen LogP contribution is -2.50. The fourth-order valence-corrected chi connectivity index (χ4v) is 3.50. The van der Waals surface area contributed by atoms with Crippen molar-refractivity contribution in [1.29, 1.82) is 0 Å². The molecule has 0 radical (unpaired) electrons. The lowest BCUT2D eigenvalue weighted by molar-refractivity contribution is -0.140. The van der Waals surface area contributed by atoms with Gasteiger partial charge in [0.25, 0.3) is 0 Å². The number of likely N-dealkylation sites (N-methyl/N-ethyl adjacent to an activating group) is 1. The molecule has 3 rings (SSSR count). The molecule has 0 aliphatic heterocycles. The number of nitrogens with zero attached hydrogens (tertiary/aromatic N) is 1. The minimum atomic E-state index is -0.657. The van der Waals surface area contributed by atoms with E-state index < -0.39 is 6.04 Å². The maximum atomic E-state index is 13.4. The molecule has 0 saturated carbocycles. The highest BCUT2D eigenvalue weighted by molar-refractivity contribution is 5.88. The molecule has 5 heteroatoms. The van der Waals surface area contributed by atoms with Crippen molar-refractivity contribution in [2.75, 3.05) is 6.54 Å². The van der Waals surface area contributed by atoms with Gasteiger partial charge in [-0.15, -0.1) is 0 Å². The first-order chi connectivity index (χ1) is 15.1. The molecule has 160 valence electrons. The SMILES string of the molecule is CCNC(=O)[C@@H](Cc1ccccc1)N(Cc1ccccc1)C(=O)Cc1ccc(F)cc1. The number of carbonyl (C=O) groups excluding carboxylic acids is 2. The lowest BCUT2D eigenvalue weighted by atomic mass is 10.0. The van der Waals surface area contributed by atoms with Crippen LogP contribution in [0.5, 0.6) is 0 Å². The Balaban J connectivity index is 1.92. The second kappa shape index (κ2) is 11.1. The van der Waals surface area contributed by atoms with E-state index in [1.807, 2.05) is 67.6 Å². The molecule has 3 aromatic rings. The summed E-state index contributed by atoms with van der Waals surface area (Å²) in [6.07, 6.45) is 0.506. The Hall–Kier alpha value is -3.47. The van der Waals surface area contributed by atoms with Gasteiger partial charge in [0.1, 0.15) is 11.9 Å². The average Bonchev–Trinajstić information content (AvgIpc) is 2.79. The summed E-state index contributed by atoms with van der Waals surface area (Å²) in [6.45, 7) is 2.66. The molecule has 0 bridgehead atoms. The van der Waals surface area contributed by atoms with E-state index in [2.05, 4.69) is 5.32 Å². The Labute approximate surface area is 182 Å². The molecule has 0 fully saturated rings. The fourth-order valence-electron chi connectivity index (χ4n) is 3.50. The van der Waals surface area contributed by atoms with Gasteiger partial charge in [0.05, 0.1) is 6.42 Å². The van der Waals surface area contributed by atoms with Gasteiger partial charge < -0.3 is 10.2 Å². The predicted octanol–water partition coefficient (Wildman–Crippen LogP) is 4.14. The van der Waals surface area contributed by atoms with E-state index >= 15 is 0 Å². The van der Waals surface area contributed by atoms with E-state index in [4.69, 9.17) is 0 Å². The van der Waals surface area contributed by atoms with Gasteiger partial charge >= 0.3 is 0 Å². The van der Waals surface area contributed by atoms with E-state index in [1.54, 1.807) is 17.0 Å². The molecule has 0 aliphatic rings. The highest BCUT2D eigenvalue weighted by Gasteiger charge is 2.30. The molecule has 4 nitrogen and oxygen atoms in total. The van der Waals surface area contributed by atoms with Crippen LogP contribution in [0.15, 0.2) is 84.9 Å². The number of halogens is 1. The first kappa shape index (κ1) is 22.2. The Bertz CT molecular complexity index is 975. The lowest BCUT2D eigenvalue weighted by Gasteiger charge is -2.31. The first-order valence-electron chi connectivity index (χ1n) is 10.5. The fraction of sp³-hybridized carbons (Fsp3) is 0.231. The second-order valence-corrected chi connectivity index (χ2v) is 7.41. The zero-order chi connectivity index (χ0) is 22.1. The van der Waals surface area contributed by atoms with Crippen LogP contribution in [-0.2, 0) is 29.0 Å². The molecule has 31 heavy (non-hydrogen) atoms. The highest BCUT2D eigenvalue weighted by Crippen LogP contribution is 2.17. The summed E-state index contributed by atoms with van der Waals surface area (Å²) in [4.78, 5) is 28.1. The van der Waals surface area contributed by atoms with Crippen LogP contribution in [0, 0.1) is 5.82 Å². The number of nitrogens with one attached hydrogen (secondary N) is 1. The molecule has 0 heterocycles. The second-order valence-electron chi connectivity index (χ2n) is 7.41. The molecule has 3 aromatic carbocycles. The van der Waals surface area contributed by atoms with Crippen molar-refractivity contribution in [3.8, 4) is 0 Å². The molecule has 0 unspecified atom stereocenters. The van der Waals surface area contributed by atoms with Gasteiger partial charge in [0.2, 0.25) is 11.8 Å². The van der Waals surface area contributed by atoms with Crippen molar-refractivity contribution in [2.45, 2.75) is 32.4 Å². The summed E-state index contributed by atoms with van der Waals surface area (Å²) >= 11 is 0. The molecule has 0 spiro atoms. The maximum absolute atomic E-state index is 13.4. The van der Waals surface area contributed by atoms with E-state index in [9.17, 15) is 14.0 Å². The minimum Gasteiger partial charge on any atom is -0.355 e. The van der Waals surface area contributed by atoms with Crippen molar-refractivity contribution < 1.29 is 14.0 Å². The summed E-state index contributed by atoms with van der Waals surface area (Å²) in [5, 5.41) is 2.88. The Morgan fingerprint density at radius 2 is 1.42 bits per heavy atom. The monoisotopic (exact) mass is 418 g/mol. The van der Waals surface area contributed by atoms with E-state index in [0.29, 0.717) is 25.1 Å². The van der Waals surface area contributed by atoms with E-state index in [1.165, 1.54) is 12.1 Å². The van der Waals surface area contributed by atoms with Gasteiger partial charge in [-0.1, -0.05) is 72.8 Å². The van der Waals surface area contributed by atoms with Gasteiger partial charge in [-0.2, -0.15) is 0 Å². The quantitative estimate of drug-likeness (QED) is 0.568. The Morgan fingerprint density at radius 1 is 0.839 bits per heavy atom. The first-order valence-corrected chi connectivity index (χ1v) is 10.5. The maximum Gasteiger partial charge on any atom is 0.243 e. The van der Waals surface area contributed by atoms with Crippen molar-refractivity contribution in [3.05, 3.63) is 107 Å². The summed E-state index contributed by atoms with van der Waals surface area (Å²) in [7, 11) is 0. The number of amides is 2. The standard InChI is InChI=1S/C26H27FN2O2/c1-2-28-26(31)24(17-20-9-5-3-6-10-20)29(19-22-11-7-4-8-12-22)25(30)18-21-13-15-23(27)16-14-21/h3-16,24H,2,17-19H2,1H3,(H,28,31)/t24-/m1/s1. The van der Waals surface area contributed by atoms with Crippen molar-refractivity contribution in [1.82, 2.24) is 10.2 Å². The van der Waals surface area contributed by atoms with Crippen LogP contribution in [0.3, 0.4) is 0 Å². The van der Waals surface area contributed by atoms with Crippen LogP contribution in [0.2, 0.25) is 0 Å². The smallest absolute Gasteiger partial charge is 0.243 e. The van der Waals surface area contributed by atoms with Crippen LogP contribution in [-0.4, -0.2) is 29.3 Å². The highest BCUT2D eigenvalue weighted by atomic mass is 19.1. The Kier molecular flexibility index (Phi) is 7.93. The van der Waals surface area contributed by atoms with Crippen LogP contribution in [0.4, 0.5) is 4.39 Å². The van der Waals surface area contributed by atoms with Crippen molar-refractivity contribution in [3.63, 3.8) is 0 Å². The van der Waals surface area contributed by atoms with Gasteiger partial charge in [-0.05, 0) is 35.7 Å². The third-order valence-corrected chi connectivity index (χ3v) is 5.09. The van der Waals surface area contributed by atoms with Crippen LogP contribution in [0.25, 0.3) is 0 Å². The van der Waals surface area contributed by atoms with E-state index in [0.717, 1.165) is 11.1 Å². The number of carbonyl (C=O) groups is 2. The summed E-state index contributed by atoms with van der Waals surface area (Å²) in [5.41, 5.74) is 2.63. The zero-order valence-corrected chi connectivity index (χ0v) is 17.6. The molecular formula is C26H27FN2O2. The van der Waals surface area contributed by atoms with Gasteiger partial charge in [0, 0.05) is 19.5 Å². The number of benzene rings is 3. The number of rotatable bonds is 9. The van der Waals surface area contributed by atoms with Crippen LogP contribution in [0.1, 0.15) is 23.6 Å². The molecule has 1 atom stereocenters. The van der Waals surface area contributed by atoms with Crippen LogP contribution >= 0.6 is 0 Å². The van der Waals surface area contributed by atoms with E-state index in [-0.39, 0.29) is 24.1 Å². The molecule has 0 saturated heterocycles. The molecule has 2 amide bonds. The summed E-state index contributed by atoms with van der Waals surface area (Å²) < 4.78 is 13.3. The predicted molar refractivity (Wildman–Crippen MR) is 120 cm³/mol. The normalized spacial score (nSPS) is 11.5. The van der Waals surface area contributed by atoms with Crippen molar-refractivity contribution >= 4 is 11.8 Å². The molecule has 0 aromatic heterocycles. The number of hydrogen-bond donors (Lipinski definition) is 1. The molecule has 0 aliphatic carbocycles. The summed E-state index contributed by atoms with van der Waals surface area (Å²) in [5.74, 6) is -0.709. The number of hydrogen-bond acceptors (Lipinski definition) is 2.